The van der Waals surface area contributed by atoms with Crippen molar-refractivity contribution in [2.45, 2.75) is 32.2 Å². The minimum Gasteiger partial charge on any atom is -0.292 e. The lowest BCUT2D eigenvalue weighted by molar-refractivity contribution is -0.510. The van der Waals surface area contributed by atoms with Crippen LogP contribution in [0.25, 0.3) is 0 Å². The van der Waals surface area contributed by atoms with Crippen LogP contribution in [-0.4, -0.2) is 16.7 Å². The SMILES string of the molecule is C[C@@H]1CCC(=O)[C@H]([N+](=O)[O-])C1. The van der Waals surface area contributed by atoms with Crippen LogP contribution in [0, 0.1) is 16.0 Å². The van der Waals surface area contributed by atoms with Gasteiger partial charge < -0.3 is 0 Å². The Bertz CT molecular complexity index is 190. The first-order chi connectivity index (χ1) is 5.11. The van der Waals surface area contributed by atoms with Crippen LogP contribution in [0.3, 0.4) is 0 Å². The van der Waals surface area contributed by atoms with Gasteiger partial charge in [-0.15, -0.1) is 0 Å². The molecule has 0 saturated heterocycles. The first-order valence-corrected chi connectivity index (χ1v) is 3.77. The molecule has 0 radical (unpaired) electrons. The fourth-order valence-corrected chi connectivity index (χ4v) is 1.39. The van der Waals surface area contributed by atoms with Gasteiger partial charge in [0.25, 0.3) is 6.04 Å². The molecule has 0 bridgehead atoms. The lowest BCUT2D eigenvalue weighted by Crippen LogP contribution is -2.35. The Morgan fingerprint density at radius 3 is 2.73 bits per heavy atom. The maximum Gasteiger partial charge on any atom is 0.270 e. The van der Waals surface area contributed by atoms with Gasteiger partial charge in [0.15, 0.2) is 0 Å². The third kappa shape index (κ3) is 1.76. The van der Waals surface area contributed by atoms with Crippen LogP contribution in [0.2, 0.25) is 0 Å². The molecule has 11 heavy (non-hydrogen) atoms. The lowest BCUT2D eigenvalue weighted by atomic mass is 9.86. The van der Waals surface area contributed by atoms with Gasteiger partial charge in [-0.25, -0.2) is 0 Å². The van der Waals surface area contributed by atoms with Crippen molar-refractivity contribution in [3.63, 3.8) is 0 Å². The van der Waals surface area contributed by atoms with Crippen molar-refractivity contribution >= 4 is 5.78 Å². The van der Waals surface area contributed by atoms with Gasteiger partial charge in [-0.3, -0.25) is 14.9 Å². The van der Waals surface area contributed by atoms with Crippen LogP contribution in [-0.2, 0) is 4.79 Å². The largest absolute Gasteiger partial charge is 0.292 e. The van der Waals surface area contributed by atoms with Gasteiger partial charge in [0.2, 0.25) is 5.78 Å². The molecule has 0 aromatic heterocycles. The fraction of sp³-hybridized carbons (Fsp3) is 0.857. The molecule has 0 amide bonds. The molecule has 0 N–H and O–H groups in total. The molecule has 0 unspecified atom stereocenters. The number of nitro groups is 1. The normalized spacial score (nSPS) is 31.9. The minimum atomic E-state index is -0.918. The number of hydrogen-bond acceptors (Lipinski definition) is 3. The molecule has 1 saturated carbocycles. The Balaban J connectivity index is 2.61. The van der Waals surface area contributed by atoms with Crippen molar-refractivity contribution < 1.29 is 9.72 Å². The number of carbonyl (C=O) groups is 1. The van der Waals surface area contributed by atoms with E-state index in [-0.39, 0.29) is 5.78 Å². The summed E-state index contributed by atoms with van der Waals surface area (Å²) in [5, 5.41) is 10.3. The Labute approximate surface area is 64.7 Å². The maximum absolute atomic E-state index is 10.9. The van der Waals surface area contributed by atoms with Crippen molar-refractivity contribution in [1.82, 2.24) is 0 Å². The zero-order chi connectivity index (χ0) is 8.43. The van der Waals surface area contributed by atoms with Crippen LogP contribution in [0.15, 0.2) is 0 Å². The van der Waals surface area contributed by atoms with Crippen LogP contribution < -0.4 is 0 Å². The van der Waals surface area contributed by atoms with Crippen LogP contribution in [0.4, 0.5) is 0 Å². The van der Waals surface area contributed by atoms with Crippen LogP contribution in [0.1, 0.15) is 26.2 Å². The summed E-state index contributed by atoms with van der Waals surface area (Å²) in [5.74, 6) is 0.121. The van der Waals surface area contributed by atoms with Gasteiger partial charge in [0.05, 0.1) is 0 Å². The van der Waals surface area contributed by atoms with E-state index < -0.39 is 11.0 Å². The van der Waals surface area contributed by atoms with Gasteiger partial charge in [-0.2, -0.15) is 0 Å². The van der Waals surface area contributed by atoms with Gasteiger partial charge in [-0.1, -0.05) is 6.92 Å². The zero-order valence-corrected chi connectivity index (χ0v) is 6.45. The molecule has 0 aliphatic heterocycles. The van der Waals surface area contributed by atoms with E-state index in [1.165, 1.54) is 0 Å². The van der Waals surface area contributed by atoms with E-state index in [4.69, 9.17) is 0 Å². The predicted octanol–water partition coefficient (Wildman–Crippen LogP) is 1.02. The number of ketones is 1. The summed E-state index contributed by atoms with van der Waals surface area (Å²) in [6.45, 7) is 1.95. The average Bonchev–Trinajstić information content (AvgIpc) is 1.94. The Hall–Kier alpha value is -0.930. The third-order valence-corrected chi connectivity index (χ3v) is 2.14. The highest BCUT2D eigenvalue weighted by Gasteiger charge is 2.34. The van der Waals surface area contributed by atoms with Crippen LogP contribution in [0.5, 0.6) is 0 Å². The summed E-state index contributed by atoms with van der Waals surface area (Å²) >= 11 is 0. The van der Waals surface area contributed by atoms with E-state index in [1.807, 2.05) is 6.92 Å². The highest BCUT2D eigenvalue weighted by atomic mass is 16.6. The van der Waals surface area contributed by atoms with E-state index in [9.17, 15) is 14.9 Å². The highest BCUT2D eigenvalue weighted by Crippen LogP contribution is 2.22. The molecule has 4 heteroatoms. The summed E-state index contributed by atoms with van der Waals surface area (Å²) < 4.78 is 0. The van der Waals surface area contributed by atoms with Crippen molar-refractivity contribution in [2.24, 2.45) is 5.92 Å². The molecule has 62 valence electrons. The molecular formula is C7H11NO3. The van der Waals surface area contributed by atoms with Gasteiger partial charge in [-0.05, 0) is 12.3 Å². The molecule has 0 spiro atoms. The number of Topliss-reactive ketones (excluding diaryl/α,β-unsaturated/α-hetero) is 1. The molecule has 4 nitrogen and oxygen atoms in total. The Morgan fingerprint density at radius 2 is 2.27 bits per heavy atom. The first kappa shape index (κ1) is 8.17. The van der Waals surface area contributed by atoms with Crippen molar-refractivity contribution in [2.75, 3.05) is 0 Å². The number of hydrogen-bond donors (Lipinski definition) is 0. The summed E-state index contributed by atoms with van der Waals surface area (Å²) in [6.07, 6.45) is 1.61. The van der Waals surface area contributed by atoms with Crippen molar-refractivity contribution in [3.05, 3.63) is 10.1 Å². The molecule has 1 rings (SSSR count). The smallest absolute Gasteiger partial charge is 0.270 e. The third-order valence-electron chi connectivity index (χ3n) is 2.14. The summed E-state index contributed by atoms with van der Waals surface area (Å²) in [4.78, 5) is 20.8. The van der Waals surface area contributed by atoms with Crippen LogP contribution >= 0.6 is 0 Å². The maximum atomic E-state index is 10.9. The van der Waals surface area contributed by atoms with E-state index in [0.29, 0.717) is 18.8 Å². The van der Waals surface area contributed by atoms with Crippen molar-refractivity contribution in [3.8, 4) is 0 Å². The number of carbonyl (C=O) groups excluding carboxylic acids is 1. The molecule has 0 aromatic carbocycles. The Morgan fingerprint density at radius 1 is 1.64 bits per heavy atom. The summed E-state index contributed by atoms with van der Waals surface area (Å²) in [7, 11) is 0. The topological polar surface area (TPSA) is 60.2 Å². The molecular weight excluding hydrogens is 146 g/mol. The molecule has 1 aliphatic rings. The molecule has 1 aliphatic carbocycles. The second-order valence-corrected chi connectivity index (χ2v) is 3.15. The number of nitrogens with zero attached hydrogens (tertiary/aromatic N) is 1. The zero-order valence-electron chi connectivity index (χ0n) is 6.45. The molecule has 0 aromatic rings. The average molecular weight is 157 g/mol. The summed E-state index contributed by atoms with van der Waals surface area (Å²) in [6, 6.07) is -0.918. The van der Waals surface area contributed by atoms with Crippen molar-refractivity contribution in [1.29, 1.82) is 0 Å². The summed E-state index contributed by atoms with van der Waals surface area (Å²) in [5.41, 5.74) is 0. The Kier molecular flexibility index (Phi) is 2.22. The monoisotopic (exact) mass is 157 g/mol. The minimum absolute atomic E-state index is 0.201. The second-order valence-electron chi connectivity index (χ2n) is 3.15. The van der Waals surface area contributed by atoms with Gasteiger partial charge in [0, 0.05) is 17.8 Å². The first-order valence-electron chi connectivity index (χ1n) is 3.77. The number of rotatable bonds is 1. The van der Waals surface area contributed by atoms with Gasteiger partial charge >= 0.3 is 0 Å². The predicted molar refractivity (Wildman–Crippen MR) is 38.8 cm³/mol. The second kappa shape index (κ2) is 2.98. The van der Waals surface area contributed by atoms with E-state index in [2.05, 4.69) is 0 Å². The van der Waals surface area contributed by atoms with E-state index in [1.54, 1.807) is 0 Å². The lowest BCUT2D eigenvalue weighted by Gasteiger charge is -2.19. The standard InChI is InChI=1S/C7H11NO3/c1-5-2-3-7(9)6(4-5)8(10)11/h5-6H,2-4H2,1H3/t5-,6-/m1/s1. The van der Waals surface area contributed by atoms with E-state index >= 15 is 0 Å². The fourth-order valence-electron chi connectivity index (χ4n) is 1.39. The van der Waals surface area contributed by atoms with E-state index in [0.717, 1.165) is 6.42 Å². The highest BCUT2D eigenvalue weighted by molar-refractivity contribution is 5.83. The van der Waals surface area contributed by atoms with Gasteiger partial charge in [0.1, 0.15) is 0 Å². The quantitative estimate of drug-likeness (QED) is 0.421. The molecule has 0 heterocycles. The molecule has 1 fully saturated rings. The molecule has 2 atom stereocenters.